The zero-order chi connectivity index (χ0) is 22.4. The third kappa shape index (κ3) is 4.37. The molecule has 3 aliphatic rings. The summed E-state index contributed by atoms with van der Waals surface area (Å²) in [4.78, 5) is 23.7. The Labute approximate surface area is 179 Å². The monoisotopic (exact) mass is 414 g/mol. The van der Waals surface area contributed by atoms with Crippen molar-refractivity contribution in [2.45, 2.75) is 65.8 Å². The Morgan fingerprint density at radius 2 is 2.03 bits per heavy atom. The highest BCUT2D eigenvalue weighted by molar-refractivity contribution is 5.84. The predicted molar refractivity (Wildman–Crippen MR) is 116 cm³/mol. The molecular weight excluding hydrogens is 380 g/mol. The van der Waals surface area contributed by atoms with E-state index < -0.39 is 17.7 Å². The molecule has 5 heteroatoms. The van der Waals surface area contributed by atoms with Crippen LogP contribution in [0, 0.1) is 29.6 Å². The zero-order valence-corrected chi connectivity index (χ0v) is 18.8. The van der Waals surface area contributed by atoms with E-state index in [0.29, 0.717) is 11.7 Å². The number of carbonyl (C=O) groups excluding carboxylic acids is 1. The number of allylic oxidation sites excluding steroid dienone is 4. The van der Waals surface area contributed by atoms with E-state index in [1.54, 1.807) is 13.0 Å². The number of ketones is 1. The van der Waals surface area contributed by atoms with Gasteiger partial charge in [-0.05, 0) is 63.2 Å². The molecule has 1 saturated heterocycles. The molecule has 164 valence electrons. The Kier molecular flexibility index (Phi) is 6.26. The molecule has 2 fully saturated rings. The molecule has 1 saturated carbocycles. The smallest absolute Gasteiger partial charge is 0.328 e. The molecule has 8 unspecified atom stereocenters. The lowest BCUT2D eigenvalue weighted by atomic mass is 9.58. The highest BCUT2D eigenvalue weighted by atomic mass is 16.6. The van der Waals surface area contributed by atoms with Crippen LogP contribution in [0.1, 0.15) is 48.0 Å². The fourth-order valence-corrected chi connectivity index (χ4v) is 5.54. The molecule has 0 spiro atoms. The van der Waals surface area contributed by atoms with Gasteiger partial charge in [-0.2, -0.15) is 0 Å². The highest BCUT2D eigenvalue weighted by Gasteiger charge is 2.52. The molecule has 5 nitrogen and oxygen atoms in total. The Hall–Kier alpha value is -1.98. The number of carbonyl (C=O) groups is 2. The lowest BCUT2D eigenvalue weighted by Gasteiger charge is -2.45. The molecule has 0 aromatic carbocycles. The number of carboxylic acids is 1. The normalized spacial score (nSPS) is 41.6. The van der Waals surface area contributed by atoms with Gasteiger partial charge in [0.25, 0.3) is 0 Å². The first kappa shape index (κ1) is 22.7. The molecule has 0 aromatic rings. The number of aliphatic hydroxyl groups is 1. The van der Waals surface area contributed by atoms with E-state index in [4.69, 9.17) is 9.84 Å². The van der Waals surface area contributed by atoms with Gasteiger partial charge < -0.3 is 14.9 Å². The maximum Gasteiger partial charge on any atom is 0.328 e. The maximum atomic E-state index is 12.8. The van der Waals surface area contributed by atoms with Crippen LogP contribution in [0.2, 0.25) is 0 Å². The Balaban J connectivity index is 1.98. The first-order valence-electron chi connectivity index (χ1n) is 10.8. The zero-order valence-electron chi connectivity index (χ0n) is 18.8. The molecule has 2 aliphatic carbocycles. The number of epoxide rings is 1. The van der Waals surface area contributed by atoms with E-state index in [0.717, 1.165) is 29.2 Å². The molecule has 0 aromatic heterocycles. The van der Waals surface area contributed by atoms with Gasteiger partial charge in [0.05, 0.1) is 6.10 Å². The minimum Gasteiger partial charge on any atom is -0.478 e. The van der Waals surface area contributed by atoms with Crippen LogP contribution in [0.5, 0.6) is 0 Å². The van der Waals surface area contributed by atoms with Crippen molar-refractivity contribution in [3.63, 3.8) is 0 Å². The van der Waals surface area contributed by atoms with Crippen LogP contribution in [0.4, 0.5) is 0 Å². The fraction of sp³-hybridized carbons (Fsp3) is 0.600. The van der Waals surface area contributed by atoms with E-state index in [1.165, 1.54) is 0 Å². The molecular formula is C25H34O5. The van der Waals surface area contributed by atoms with Gasteiger partial charge in [0.1, 0.15) is 17.5 Å². The molecule has 1 aliphatic heterocycles. The average Bonchev–Trinajstić information content (AvgIpc) is 3.33. The van der Waals surface area contributed by atoms with Crippen molar-refractivity contribution in [3.8, 4) is 0 Å². The number of rotatable bonds is 5. The molecule has 0 bridgehead atoms. The summed E-state index contributed by atoms with van der Waals surface area (Å²) >= 11 is 0. The summed E-state index contributed by atoms with van der Waals surface area (Å²) < 4.78 is 5.83. The third-order valence-corrected chi connectivity index (χ3v) is 6.99. The summed E-state index contributed by atoms with van der Waals surface area (Å²) in [5.74, 6) is -0.189. The molecule has 3 rings (SSSR count). The van der Waals surface area contributed by atoms with E-state index in [2.05, 4.69) is 19.1 Å². The minimum atomic E-state index is -0.992. The first-order chi connectivity index (χ1) is 13.9. The predicted octanol–water partition coefficient (Wildman–Crippen LogP) is 4.09. The van der Waals surface area contributed by atoms with Crippen molar-refractivity contribution in [1.29, 1.82) is 0 Å². The third-order valence-electron chi connectivity index (χ3n) is 6.99. The number of Topliss-reactive ketones (excluding diaryl/α,β-unsaturated/α-hetero) is 1. The molecule has 0 radical (unpaired) electrons. The summed E-state index contributed by atoms with van der Waals surface area (Å²) in [6.07, 6.45) is 9.17. The number of aliphatic hydroxyl groups excluding tert-OH is 1. The van der Waals surface area contributed by atoms with Crippen molar-refractivity contribution < 1.29 is 24.5 Å². The summed E-state index contributed by atoms with van der Waals surface area (Å²) in [5.41, 5.74) is 2.64. The van der Waals surface area contributed by atoms with Crippen molar-refractivity contribution in [1.82, 2.24) is 0 Å². The number of fused-ring (bicyclic) bond motifs is 1. The van der Waals surface area contributed by atoms with Crippen molar-refractivity contribution >= 4 is 11.8 Å². The van der Waals surface area contributed by atoms with E-state index in [-0.39, 0.29) is 29.8 Å². The van der Waals surface area contributed by atoms with Crippen LogP contribution in [-0.2, 0) is 14.3 Å². The van der Waals surface area contributed by atoms with E-state index >= 15 is 0 Å². The molecule has 0 amide bonds. The van der Waals surface area contributed by atoms with Crippen molar-refractivity contribution in [2.24, 2.45) is 29.6 Å². The van der Waals surface area contributed by atoms with Gasteiger partial charge >= 0.3 is 5.97 Å². The second-order valence-electron chi connectivity index (χ2n) is 9.57. The number of carboxylic acid groups (broad SMARTS) is 1. The van der Waals surface area contributed by atoms with Gasteiger partial charge in [-0.3, -0.25) is 4.79 Å². The summed E-state index contributed by atoms with van der Waals surface area (Å²) in [7, 11) is 0. The van der Waals surface area contributed by atoms with Crippen LogP contribution >= 0.6 is 0 Å². The maximum absolute atomic E-state index is 12.8. The molecule has 1 heterocycles. The number of ether oxygens (including phenoxy) is 1. The minimum absolute atomic E-state index is 0.0120. The second kappa shape index (κ2) is 8.27. The van der Waals surface area contributed by atoms with Crippen LogP contribution in [0.3, 0.4) is 0 Å². The number of hydrogen-bond acceptors (Lipinski definition) is 4. The van der Waals surface area contributed by atoms with Gasteiger partial charge in [0.2, 0.25) is 0 Å². The largest absolute Gasteiger partial charge is 0.478 e. The van der Waals surface area contributed by atoms with Crippen LogP contribution in [0.25, 0.3) is 0 Å². The first-order valence-corrected chi connectivity index (χ1v) is 10.8. The second-order valence-corrected chi connectivity index (χ2v) is 9.57. The fourth-order valence-electron chi connectivity index (χ4n) is 5.54. The topological polar surface area (TPSA) is 87.1 Å². The Morgan fingerprint density at radius 1 is 1.37 bits per heavy atom. The van der Waals surface area contributed by atoms with E-state index in [9.17, 15) is 14.7 Å². The quantitative estimate of drug-likeness (QED) is 0.402. The lowest BCUT2D eigenvalue weighted by Crippen LogP contribution is -2.43. The highest BCUT2D eigenvalue weighted by Crippen LogP contribution is 2.50. The van der Waals surface area contributed by atoms with Crippen LogP contribution < -0.4 is 0 Å². The van der Waals surface area contributed by atoms with Crippen molar-refractivity contribution in [3.05, 3.63) is 47.1 Å². The van der Waals surface area contributed by atoms with E-state index in [1.807, 2.05) is 33.8 Å². The van der Waals surface area contributed by atoms with Gasteiger partial charge in [-0.15, -0.1) is 0 Å². The standard InChI is InChI=1S/C25H34O5/c1-13-9-18-10-14(2)23(29)17(5)22(18)20(19(13)12-16(4)26)11-15(3)24-25(6,30-24)8-7-21(27)28/h7-9,11-12,14,16-18,20,22,24,26H,10H2,1-6H3,(H,27,28)/b8-7+,15-11+,19-12-. The van der Waals surface area contributed by atoms with Gasteiger partial charge in [-0.1, -0.05) is 37.6 Å². The summed E-state index contributed by atoms with van der Waals surface area (Å²) in [5, 5.41) is 19.0. The van der Waals surface area contributed by atoms with Gasteiger partial charge in [0.15, 0.2) is 0 Å². The van der Waals surface area contributed by atoms with Crippen LogP contribution in [-0.4, -0.2) is 39.8 Å². The molecule has 30 heavy (non-hydrogen) atoms. The van der Waals surface area contributed by atoms with Gasteiger partial charge in [0, 0.05) is 23.8 Å². The van der Waals surface area contributed by atoms with Crippen LogP contribution in [0.15, 0.2) is 47.1 Å². The number of hydrogen-bond donors (Lipinski definition) is 2. The lowest BCUT2D eigenvalue weighted by molar-refractivity contribution is -0.132. The average molecular weight is 415 g/mol. The molecule has 2 N–H and O–H groups in total. The number of aliphatic carboxylic acids is 1. The summed E-state index contributed by atoms with van der Waals surface area (Å²) in [6.45, 7) is 11.8. The Morgan fingerprint density at radius 3 is 2.63 bits per heavy atom. The SMILES string of the molecule is CC1=CC2CC(C)C(=O)C(C)C2C(/C=C(\C)C2OC2(C)/C=C/C(=O)O)/C1=C\C(C)O. The summed E-state index contributed by atoms with van der Waals surface area (Å²) in [6, 6.07) is 0. The molecule has 8 atom stereocenters. The van der Waals surface area contributed by atoms with Crippen molar-refractivity contribution in [2.75, 3.05) is 0 Å². The van der Waals surface area contributed by atoms with Gasteiger partial charge in [-0.25, -0.2) is 4.79 Å². The Bertz CT molecular complexity index is 846.